The van der Waals surface area contributed by atoms with Crippen LogP contribution in [0.1, 0.15) is 54.0 Å². The quantitative estimate of drug-likeness (QED) is 0.526. The Morgan fingerprint density at radius 3 is 1.75 bits per heavy atom. The van der Waals surface area contributed by atoms with Crippen molar-refractivity contribution >= 4 is 17.2 Å². The fourth-order valence-electron chi connectivity index (χ4n) is 0.806. The minimum atomic E-state index is -1.17. The zero-order valence-corrected chi connectivity index (χ0v) is 18.0. The third kappa shape index (κ3) is 14.6. The van der Waals surface area contributed by atoms with Gasteiger partial charge in [0, 0.05) is 38.9 Å². The fraction of sp³-hybridized carbons (Fsp3) is 0.500. The molecule has 0 spiro atoms. The molecule has 0 aliphatic heterocycles. The van der Waals surface area contributed by atoms with Gasteiger partial charge in [0.2, 0.25) is 0 Å². The molecule has 0 bridgehead atoms. The van der Waals surface area contributed by atoms with E-state index in [4.69, 9.17) is 0 Å². The van der Waals surface area contributed by atoms with E-state index in [2.05, 4.69) is 4.40 Å². The molecule has 1 radical (unpaired) electrons. The molecule has 4 heteroatoms. The maximum absolute atomic E-state index is 11.6. The van der Waals surface area contributed by atoms with Crippen molar-refractivity contribution in [3.05, 3.63) is 43.3 Å². The van der Waals surface area contributed by atoms with Gasteiger partial charge in [-0.2, -0.15) is 4.40 Å². The van der Waals surface area contributed by atoms with E-state index in [1.807, 2.05) is 78.8 Å². The van der Waals surface area contributed by atoms with E-state index in [0.717, 1.165) is 5.56 Å². The van der Waals surface area contributed by atoms with Crippen LogP contribution in [0.3, 0.4) is 0 Å². The van der Waals surface area contributed by atoms with Crippen molar-refractivity contribution in [3.63, 3.8) is 0 Å². The molecule has 1 atom stereocenters. The summed E-state index contributed by atoms with van der Waals surface area (Å²) < 4.78 is 15.3. The summed E-state index contributed by atoms with van der Waals surface area (Å²) in [5, 5.41) is 0. The molecule has 0 fully saturated rings. The summed E-state index contributed by atoms with van der Waals surface area (Å²) in [6, 6.07) is 9.67. The van der Waals surface area contributed by atoms with Crippen LogP contribution in [0.15, 0.2) is 34.7 Å². The standard InChI is InChI=1S/C11H15NOS.2C2H6.CH3.Y/c1-11(2,3)14(13)12-9-10-7-5-4-6-8-10;2*1-2;;/h4-9H,1-3H3;2*1-2H3;1H3;/q;;;-1;. The molecule has 0 N–H and O–H groups in total. The van der Waals surface area contributed by atoms with E-state index < -0.39 is 11.0 Å². The number of nitrogens with zero attached hydrogens (tertiary/aromatic N) is 1. The molecule has 0 aliphatic rings. The van der Waals surface area contributed by atoms with Gasteiger partial charge in [0.25, 0.3) is 0 Å². The van der Waals surface area contributed by atoms with Crippen molar-refractivity contribution in [2.75, 3.05) is 0 Å². The normalized spacial score (nSPS) is 10.8. The first-order valence-electron chi connectivity index (χ1n) is 6.51. The fourth-order valence-corrected chi connectivity index (χ4v) is 1.34. The van der Waals surface area contributed by atoms with Crippen molar-refractivity contribution in [1.29, 1.82) is 0 Å². The predicted molar refractivity (Wildman–Crippen MR) is 91.0 cm³/mol. The van der Waals surface area contributed by atoms with Crippen LogP contribution in [0.2, 0.25) is 0 Å². The molecule has 1 unspecified atom stereocenters. The summed E-state index contributed by atoms with van der Waals surface area (Å²) in [5.41, 5.74) is 0.977. The molecule has 115 valence electrons. The van der Waals surface area contributed by atoms with E-state index in [0.29, 0.717) is 0 Å². The molecule has 20 heavy (non-hydrogen) atoms. The Morgan fingerprint density at radius 1 is 1.00 bits per heavy atom. The average molecular weight is 373 g/mol. The number of rotatable bonds is 2. The Kier molecular flexibility index (Phi) is 24.4. The molecule has 2 nitrogen and oxygen atoms in total. The Balaban J connectivity index is -0.000000196. The van der Waals surface area contributed by atoms with Crippen molar-refractivity contribution < 1.29 is 36.9 Å². The molecular weight excluding hydrogens is 343 g/mol. The van der Waals surface area contributed by atoms with Crippen LogP contribution in [0.25, 0.3) is 0 Å². The summed E-state index contributed by atoms with van der Waals surface area (Å²) >= 11 is 0. The van der Waals surface area contributed by atoms with Gasteiger partial charge in [0.1, 0.15) is 11.0 Å². The Bertz CT molecular complexity index is 345. The zero-order valence-electron chi connectivity index (χ0n) is 14.3. The van der Waals surface area contributed by atoms with Gasteiger partial charge in [0.15, 0.2) is 0 Å². The van der Waals surface area contributed by atoms with Crippen LogP contribution >= 0.6 is 0 Å². The predicted octanol–water partition coefficient (Wildman–Crippen LogP) is 5.07. The molecule has 0 heterocycles. The van der Waals surface area contributed by atoms with Gasteiger partial charge in [-0.25, -0.2) is 4.21 Å². The number of hydrogen-bond donors (Lipinski definition) is 0. The van der Waals surface area contributed by atoms with Gasteiger partial charge in [-0.1, -0.05) is 58.0 Å². The molecule has 0 saturated carbocycles. The second-order valence-corrected chi connectivity index (χ2v) is 5.94. The number of hydrogen-bond acceptors (Lipinski definition) is 1. The van der Waals surface area contributed by atoms with Gasteiger partial charge in [-0.05, 0) is 26.3 Å². The molecule has 0 amide bonds. The molecule has 0 saturated heterocycles. The van der Waals surface area contributed by atoms with Gasteiger partial charge in [-0.15, -0.1) is 0 Å². The third-order valence-corrected chi connectivity index (χ3v) is 2.97. The third-order valence-electron chi connectivity index (χ3n) is 1.62. The first-order chi connectivity index (χ1) is 8.50. The van der Waals surface area contributed by atoms with E-state index in [1.54, 1.807) is 6.21 Å². The maximum atomic E-state index is 11.6. The van der Waals surface area contributed by atoms with Crippen molar-refractivity contribution in [2.24, 2.45) is 4.40 Å². The summed E-state index contributed by atoms with van der Waals surface area (Å²) in [4.78, 5) is 0. The molecule has 0 aromatic heterocycles. The zero-order chi connectivity index (χ0) is 14.6. The first-order valence-corrected chi connectivity index (χ1v) is 7.62. The average Bonchev–Trinajstić information content (AvgIpc) is 2.40. The summed E-state index contributed by atoms with van der Waals surface area (Å²) in [5.74, 6) is 0. The largest absolute Gasteiger partial charge is 0.358 e. The second kappa shape index (κ2) is 17.2. The summed E-state index contributed by atoms with van der Waals surface area (Å²) in [7, 11) is -1.17. The maximum Gasteiger partial charge on any atom is 0.144 e. The van der Waals surface area contributed by atoms with Gasteiger partial charge in [-0.3, -0.25) is 0 Å². The van der Waals surface area contributed by atoms with Gasteiger partial charge in [0.05, 0.1) is 4.75 Å². The van der Waals surface area contributed by atoms with Gasteiger partial charge < -0.3 is 7.43 Å². The second-order valence-electron chi connectivity index (χ2n) is 4.01. The minimum Gasteiger partial charge on any atom is -0.358 e. The molecular formula is C16H30NOSY-. The van der Waals surface area contributed by atoms with E-state index in [9.17, 15) is 4.21 Å². The minimum absolute atomic E-state index is 0. The van der Waals surface area contributed by atoms with Crippen LogP contribution < -0.4 is 0 Å². The van der Waals surface area contributed by atoms with E-state index in [-0.39, 0.29) is 44.9 Å². The first kappa shape index (κ1) is 28.3. The molecule has 0 aliphatic carbocycles. The van der Waals surface area contributed by atoms with Crippen LogP contribution in [0, 0.1) is 7.43 Å². The van der Waals surface area contributed by atoms with Crippen molar-refractivity contribution in [2.45, 2.75) is 53.2 Å². The van der Waals surface area contributed by atoms with Crippen molar-refractivity contribution in [3.8, 4) is 0 Å². The van der Waals surface area contributed by atoms with Crippen molar-refractivity contribution in [1.82, 2.24) is 0 Å². The van der Waals surface area contributed by atoms with Crippen LogP contribution in [-0.4, -0.2) is 15.2 Å². The topological polar surface area (TPSA) is 29.4 Å². The van der Waals surface area contributed by atoms with Crippen LogP contribution in [0.5, 0.6) is 0 Å². The van der Waals surface area contributed by atoms with Gasteiger partial charge >= 0.3 is 0 Å². The summed E-state index contributed by atoms with van der Waals surface area (Å²) in [6.07, 6.45) is 1.65. The summed E-state index contributed by atoms with van der Waals surface area (Å²) in [6.45, 7) is 13.7. The van der Waals surface area contributed by atoms with E-state index in [1.165, 1.54) is 0 Å². The Morgan fingerprint density at radius 2 is 1.40 bits per heavy atom. The molecule has 1 aromatic carbocycles. The monoisotopic (exact) mass is 373 g/mol. The smallest absolute Gasteiger partial charge is 0.144 e. The Labute approximate surface area is 154 Å². The molecule has 1 rings (SSSR count). The number of benzene rings is 1. The Hall–Kier alpha value is 0.144. The van der Waals surface area contributed by atoms with Crippen LogP contribution in [-0.2, 0) is 43.7 Å². The van der Waals surface area contributed by atoms with E-state index >= 15 is 0 Å². The molecule has 1 aromatic rings. The SMILES string of the molecule is CC.CC.CC(C)(C)S(=O)N=Cc1ccccc1.[CH3-].[Y]. The van der Waals surface area contributed by atoms with Crippen LogP contribution in [0.4, 0.5) is 0 Å².